The lowest BCUT2D eigenvalue weighted by atomic mass is 10.2. The zero-order valence-corrected chi connectivity index (χ0v) is 15.8. The van der Waals surface area contributed by atoms with E-state index in [1.807, 2.05) is 0 Å². The molecule has 0 saturated carbocycles. The molecule has 3 aromatic heterocycles. The largest absolute Gasteiger partial charge is 0.459 e. The first kappa shape index (κ1) is 17.5. The van der Waals surface area contributed by atoms with Crippen molar-refractivity contribution < 1.29 is 14.0 Å². The number of carbonyl (C=O) groups excluding carboxylic acids is 2. The first-order chi connectivity index (χ1) is 13.0. The molecule has 0 aromatic carbocycles. The number of hydrogen-bond acceptors (Lipinski definition) is 6. The van der Waals surface area contributed by atoms with Crippen LogP contribution in [0.5, 0.6) is 0 Å². The molecular weight excluding hydrogens is 368 g/mol. The predicted molar refractivity (Wildman–Crippen MR) is 100 cm³/mol. The normalized spacial score (nSPS) is 14.7. The molecule has 2 amide bonds. The highest BCUT2D eigenvalue weighted by atomic mass is 32.1. The highest BCUT2D eigenvalue weighted by Crippen LogP contribution is 2.28. The number of nitrogens with one attached hydrogen (secondary N) is 1. The van der Waals surface area contributed by atoms with E-state index in [1.165, 1.54) is 17.6 Å². The highest BCUT2D eigenvalue weighted by Gasteiger charge is 2.29. The number of fused-ring (bicyclic) bond motifs is 1. The van der Waals surface area contributed by atoms with Crippen LogP contribution in [0.25, 0.3) is 10.2 Å². The van der Waals surface area contributed by atoms with Crippen molar-refractivity contribution in [1.29, 1.82) is 0 Å². The summed E-state index contributed by atoms with van der Waals surface area (Å²) in [7, 11) is 0. The second-order valence-corrected chi connectivity index (χ2v) is 7.45. The Balaban J connectivity index is 1.52. The molecule has 0 spiro atoms. The van der Waals surface area contributed by atoms with Gasteiger partial charge in [-0.2, -0.15) is 0 Å². The van der Waals surface area contributed by atoms with Crippen LogP contribution in [0, 0.1) is 13.8 Å². The van der Waals surface area contributed by atoms with Gasteiger partial charge in [-0.05, 0) is 31.5 Å². The van der Waals surface area contributed by atoms with Gasteiger partial charge in [0.25, 0.3) is 17.4 Å². The lowest BCUT2D eigenvalue weighted by Crippen LogP contribution is -2.50. The molecule has 8 nitrogen and oxygen atoms in total. The molecule has 0 unspecified atom stereocenters. The van der Waals surface area contributed by atoms with Crippen LogP contribution >= 0.6 is 11.3 Å². The van der Waals surface area contributed by atoms with Gasteiger partial charge in [0.2, 0.25) is 0 Å². The van der Waals surface area contributed by atoms with Crippen LogP contribution < -0.4 is 5.56 Å². The highest BCUT2D eigenvalue weighted by molar-refractivity contribution is 7.20. The minimum atomic E-state index is -0.223. The van der Waals surface area contributed by atoms with Crippen molar-refractivity contribution in [2.24, 2.45) is 0 Å². The number of piperazine rings is 1. The lowest BCUT2D eigenvalue weighted by molar-refractivity contribution is 0.0520. The fraction of sp³-hybridized carbons (Fsp3) is 0.333. The van der Waals surface area contributed by atoms with Crippen molar-refractivity contribution in [2.45, 2.75) is 13.8 Å². The molecular formula is C18H18N4O4S. The van der Waals surface area contributed by atoms with E-state index in [0.717, 1.165) is 0 Å². The van der Waals surface area contributed by atoms with Gasteiger partial charge in [-0.3, -0.25) is 14.4 Å². The first-order valence-electron chi connectivity index (χ1n) is 8.58. The molecule has 0 aliphatic carbocycles. The van der Waals surface area contributed by atoms with Gasteiger partial charge in [0.1, 0.15) is 10.7 Å². The monoisotopic (exact) mass is 386 g/mol. The lowest BCUT2D eigenvalue weighted by Gasteiger charge is -2.34. The molecule has 4 heterocycles. The molecule has 0 atom stereocenters. The van der Waals surface area contributed by atoms with Gasteiger partial charge in [-0.1, -0.05) is 0 Å². The van der Waals surface area contributed by atoms with Gasteiger partial charge in [0.05, 0.1) is 16.5 Å². The Bertz CT molecular complexity index is 1070. The van der Waals surface area contributed by atoms with E-state index in [4.69, 9.17) is 4.42 Å². The summed E-state index contributed by atoms with van der Waals surface area (Å²) in [4.78, 5) is 49.0. The summed E-state index contributed by atoms with van der Waals surface area (Å²) in [5.41, 5.74) is 0.432. The number of amides is 2. The molecule has 4 rings (SSSR count). The average molecular weight is 386 g/mol. The van der Waals surface area contributed by atoms with Gasteiger partial charge in [0.15, 0.2) is 5.76 Å². The maximum absolute atomic E-state index is 13.0. The third-order valence-corrected chi connectivity index (χ3v) is 5.87. The SMILES string of the molecule is Cc1nc2sc(C(=O)N3CCN(C(=O)c4ccco4)CC3)c(C)c2c(=O)[nH]1. The van der Waals surface area contributed by atoms with Gasteiger partial charge in [0, 0.05) is 26.2 Å². The Morgan fingerprint density at radius 2 is 1.81 bits per heavy atom. The van der Waals surface area contributed by atoms with Crippen molar-refractivity contribution in [1.82, 2.24) is 19.8 Å². The fourth-order valence-corrected chi connectivity index (χ4v) is 4.46. The second kappa shape index (κ2) is 6.66. The number of aromatic nitrogens is 2. The molecule has 0 radical (unpaired) electrons. The molecule has 140 valence electrons. The van der Waals surface area contributed by atoms with Crippen LogP contribution in [-0.4, -0.2) is 57.8 Å². The van der Waals surface area contributed by atoms with Gasteiger partial charge in [-0.25, -0.2) is 4.98 Å². The molecule has 1 aliphatic heterocycles. The van der Waals surface area contributed by atoms with Crippen molar-refractivity contribution in [3.8, 4) is 0 Å². The van der Waals surface area contributed by atoms with Gasteiger partial charge >= 0.3 is 0 Å². The van der Waals surface area contributed by atoms with Crippen molar-refractivity contribution in [2.75, 3.05) is 26.2 Å². The van der Waals surface area contributed by atoms with Crippen molar-refractivity contribution >= 4 is 33.4 Å². The number of thiophene rings is 1. The number of nitrogens with zero attached hydrogens (tertiary/aromatic N) is 3. The molecule has 9 heteroatoms. The van der Waals surface area contributed by atoms with E-state index in [0.29, 0.717) is 58.4 Å². The minimum absolute atomic E-state index is 0.127. The van der Waals surface area contributed by atoms with Crippen molar-refractivity contribution in [3.05, 3.63) is 50.8 Å². The fourth-order valence-electron chi connectivity index (χ4n) is 3.27. The number of furan rings is 1. The zero-order valence-electron chi connectivity index (χ0n) is 14.9. The van der Waals surface area contributed by atoms with Crippen LogP contribution in [0.1, 0.15) is 31.6 Å². The molecule has 27 heavy (non-hydrogen) atoms. The van der Waals surface area contributed by atoms with Crippen LogP contribution in [-0.2, 0) is 0 Å². The molecule has 1 aliphatic rings. The van der Waals surface area contributed by atoms with E-state index in [2.05, 4.69) is 9.97 Å². The van der Waals surface area contributed by atoms with Gasteiger partial charge < -0.3 is 19.2 Å². The summed E-state index contributed by atoms with van der Waals surface area (Å²) in [6, 6.07) is 3.31. The Labute approximate surface area is 158 Å². The van der Waals surface area contributed by atoms with Gasteiger partial charge in [-0.15, -0.1) is 11.3 Å². The summed E-state index contributed by atoms with van der Waals surface area (Å²) in [5.74, 6) is 0.530. The summed E-state index contributed by atoms with van der Waals surface area (Å²) >= 11 is 1.24. The topological polar surface area (TPSA) is 99.5 Å². The van der Waals surface area contributed by atoms with E-state index in [1.54, 1.807) is 35.8 Å². The summed E-state index contributed by atoms with van der Waals surface area (Å²) in [6.07, 6.45) is 1.47. The minimum Gasteiger partial charge on any atom is -0.459 e. The maximum Gasteiger partial charge on any atom is 0.289 e. The Morgan fingerprint density at radius 1 is 1.15 bits per heavy atom. The predicted octanol–water partition coefficient (Wildman–Crippen LogP) is 1.79. The number of carbonyl (C=O) groups is 2. The first-order valence-corrected chi connectivity index (χ1v) is 9.39. The third-order valence-electron chi connectivity index (χ3n) is 4.70. The second-order valence-electron chi connectivity index (χ2n) is 6.45. The maximum atomic E-state index is 13.0. The Morgan fingerprint density at radius 3 is 2.44 bits per heavy atom. The molecule has 1 saturated heterocycles. The third kappa shape index (κ3) is 3.03. The Hall–Kier alpha value is -2.94. The Kier molecular flexibility index (Phi) is 4.31. The number of aryl methyl sites for hydroxylation is 2. The number of hydrogen-bond donors (Lipinski definition) is 1. The summed E-state index contributed by atoms with van der Waals surface area (Å²) < 4.78 is 5.15. The van der Waals surface area contributed by atoms with Crippen LogP contribution in [0.3, 0.4) is 0 Å². The van der Waals surface area contributed by atoms with E-state index >= 15 is 0 Å². The molecule has 1 fully saturated rings. The van der Waals surface area contributed by atoms with Crippen LogP contribution in [0.15, 0.2) is 27.6 Å². The smallest absolute Gasteiger partial charge is 0.289 e. The van der Waals surface area contributed by atoms with E-state index < -0.39 is 0 Å². The zero-order chi connectivity index (χ0) is 19.1. The number of H-pyrrole nitrogens is 1. The summed E-state index contributed by atoms with van der Waals surface area (Å²) in [6.45, 7) is 5.23. The molecule has 1 N–H and O–H groups in total. The summed E-state index contributed by atoms with van der Waals surface area (Å²) in [5, 5.41) is 0.473. The number of aromatic amines is 1. The van der Waals surface area contributed by atoms with Crippen molar-refractivity contribution in [3.63, 3.8) is 0 Å². The van der Waals surface area contributed by atoms with E-state index in [9.17, 15) is 14.4 Å². The average Bonchev–Trinajstić information content (AvgIpc) is 3.29. The molecule has 0 bridgehead atoms. The number of rotatable bonds is 2. The standard InChI is InChI=1S/C18H18N4O4S/c1-10-13-15(23)19-11(2)20-16(13)27-14(10)18(25)22-7-5-21(6-8-22)17(24)12-4-3-9-26-12/h3-4,9H,5-8H2,1-2H3,(H,19,20,23). The van der Waals surface area contributed by atoms with Crippen LogP contribution in [0.4, 0.5) is 0 Å². The molecule has 3 aromatic rings. The van der Waals surface area contributed by atoms with Crippen LogP contribution in [0.2, 0.25) is 0 Å². The van der Waals surface area contributed by atoms with E-state index in [-0.39, 0.29) is 17.4 Å². The quantitative estimate of drug-likeness (QED) is 0.724.